The minimum atomic E-state index is 0.329. The Morgan fingerprint density at radius 1 is 1.18 bits per heavy atom. The Balaban J connectivity index is 1.74. The number of rotatable bonds is 1. The maximum Gasteiger partial charge on any atom is 0.140 e. The molecule has 4 unspecified atom stereocenters. The highest BCUT2D eigenvalue weighted by atomic mass is 16.5. The third kappa shape index (κ3) is 2.15. The van der Waals surface area contributed by atoms with Gasteiger partial charge in [-0.05, 0) is 31.6 Å². The molecule has 0 aromatic heterocycles. The third-order valence-corrected chi connectivity index (χ3v) is 4.90. The lowest BCUT2D eigenvalue weighted by molar-refractivity contribution is -0.138. The van der Waals surface area contributed by atoms with Crippen LogP contribution in [0.25, 0.3) is 0 Å². The first-order valence-electron chi connectivity index (χ1n) is 7.11. The first-order chi connectivity index (χ1) is 8.25. The standard InChI is InChI=1S/C14H23NO2/c1-10-8-11-2-3-13(12(9-10)14(11)16)15-4-6-17-7-5-15/h10-13H,2-9H2,1H3. The Morgan fingerprint density at radius 3 is 2.71 bits per heavy atom. The number of hydrogen-bond acceptors (Lipinski definition) is 3. The van der Waals surface area contributed by atoms with Gasteiger partial charge in [0.25, 0.3) is 0 Å². The van der Waals surface area contributed by atoms with Crippen LogP contribution in [0.1, 0.15) is 32.6 Å². The second-order valence-corrected chi connectivity index (χ2v) is 6.08. The van der Waals surface area contributed by atoms with Gasteiger partial charge < -0.3 is 4.74 Å². The quantitative estimate of drug-likeness (QED) is 0.695. The Kier molecular flexibility index (Phi) is 3.22. The molecule has 0 N–H and O–H groups in total. The smallest absolute Gasteiger partial charge is 0.140 e. The Morgan fingerprint density at radius 2 is 1.94 bits per heavy atom. The van der Waals surface area contributed by atoms with Gasteiger partial charge in [0.2, 0.25) is 0 Å². The van der Waals surface area contributed by atoms with Gasteiger partial charge in [-0.3, -0.25) is 9.69 Å². The van der Waals surface area contributed by atoms with Crippen molar-refractivity contribution in [3.8, 4) is 0 Å². The van der Waals surface area contributed by atoms with Crippen LogP contribution in [0.15, 0.2) is 0 Å². The fourth-order valence-electron chi connectivity index (χ4n) is 4.08. The summed E-state index contributed by atoms with van der Waals surface area (Å²) in [5, 5.41) is 0. The monoisotopic (exact) mass is 237 g/mol. The predicted molar refractivity (Wildman–Crippen MR) is 65.8 cm³/mol. The summed E-state index contributed by atoms with van der Waals surface area (Å²) in [6.07, 6.45) is 4.62. The molecule has 17 heavy (non-hydrogen) atoms. The van der Waals surface area contributed by atoms with Gasteiger partial charge in [0.05, 0.1) is 13.2 Å². The number of fused-ring (bicyclic) bond motifs is 2. The SMILES string of the molecule is CC1CC2CCC(N3CCOCC3)C(C1)C2=O. The van der Waals surface area contributed by atoms with Gasteiger partial charge in [0.1, 0.15) is 5.78 Å². The lowest BCUT2D eigenvalue weighted by atomic mass is 9.65. The van der Waals surface area contributed by atoms with E-state index < -0.39 is 0 Å². The van der Waals surface area contributed by atoms with E-state index in [1.807, 2.05) is 0 Å². The number of carbonyl (C=O) groups excluding carboxylic acids is 1. The first kappa shape index (κ1) is 11.7. The van der Waals surface area contributed by atoms with Gasteiger partial charge in [-0.15, -0.1) is 0 Å². The largest absolute Gasteiger partial charge is 0.379 e. The molecule has 1 heterocycles. The van der Waals surface area contributed by atoms with E-state index in [1.54, 1.807) is 0 Å². The van der Waals surface area contributed by atoms with Gasteiger partial charge in [-0.2, -0.15) is 0 Å². The minimum absolute atomic E-state index is 0.329. The molecule has 0 radical (unpaired) electrons. The normalized spacial score (nSPS) is 43.7. The van der Waals surface area contributed by atoms with Crippen molar-refractivity contribution in [3.05, 3.63) is 0 Å². The van der Waals surface area contributed by atoms with Gasteiger partial charge in [-0.25, -0.2) is 0 Å². The molecule has 3 rings (SSSR count). The molecule has 1 aliphatic heterocycles. The van der Waals surface area contributed by atoms with Crippen molar-refractivity contribution in [2.45, 2.75) is 38.6 Å². The van der Waals surface area contributed by atoms with Crippen LogP contribution >= 0.6 is 0 Å². The number of morpholine rings is 1. The molecule has 3 aliphatic rings. The van der Waals surface area contributed by atoms with E-state index in [0.717, 1.165) is 51.5 Å². The van der Waals surface area contributed by atoms with Crippen molar-refractivity contribution in [1.82, 2.24) is 4.90 Å². The van der Waals surface area contributed by atoms with Crippen LogP contribution in [0, 0.1) is 17.8 Å². The number of nitrogens with zero attached hydrogens (tertiary/aromatic N) is 1. The maximum absolute atomic E-state index is 12.3. The fourth-order valence-corrected chi connectivity index (χ4v) is 4.08. The number of ether oxygens (including phenoxy) is 1. The molecular weight excluding hydrogens is 214 g/mol. The highest BCUT2D eigenvalue weighted by Gasteiger charge is 2.44. The molecule has 3 nitrogen and oxygen atoms in total. The Hall–Kier alpha value is -0.410. The second kappa shape index (κ2) is 4.69. The van der Waals surface area contributed by atoms with E-state index in [0.29, 0.717) is 23.7 Å². The lowest BCUT2D eigenvalue weighted by Crippen LogP contribution is -2.54. The molecule has 0 aromatic rings. The molecule has 4 atom stereocenters. The van der Waals surface area contributed by atoms with E-state index in [1.165, 1.54) is 6.42 Å². The zero-order valence-electron chi connectivity index (χ0n) is 10.7. The van der Waals surface area contributed by atoms with E-state index in [4.69, 9.17) is 4.74 Å². The average Bonchev–Trinajstić information content (AvgIpc) is 2.33. The molecule has 1 saturated heterocycles. The summed E-state index contributed by atoms with van der Waals surface area (Å²) < 4.78 is 5.42. The van der Waals surface area contributed by atoms with Gasteiger partial charge in [0.15, 0.2) is 0 Å². The lowest BCUT2D eigenvalue weighted by Gasteiger charge is -2.46. The molecule has 96 valence electrons. The molecule has 0 aromatic carbocycles. The number of ketones is 1. The van der Waals surface area contributed by atoms with Gasteiger partial charge in [-0.1, -0.05) is 6.92 Å². The number of Topliss-reactive ketones (excluding diaryl/α,β-unsaturated/α-hetero) is 1. The first-order valence-corrected chi connectivity index (χ1v) is 7.11. The summed E-state index contributed by atoms with van der Waals surface area (Å²) in [5.74, 6) is 2.04. The number of hydrogen-bond donors (Lipinski definition) is 0. The Labute approximate surface area is 104 Å². The van der Waals surface area contributed by atoms with E-state index in [9.17, 15) is 4.79 Å². The van der Waals surface area contributed by atoms with Crippen molar-refractivity contribution in [2.24, 2.45) is 17.8 Å². The van der Waals surface area contributed by atoms with Crippen molar-refractivity contribution >= 4 is 5.78 Å². The average molecular weight is 237 g/mol. The highest BCUT2D eigenvalue weighted by molar-refractivity contribution is 5.85. The highest BCUT2D eigenvalue weighted by Crippen LogP contribution is 2.41. The summed E-state index contributed by atoms with van der Waals surface area (Å²) in [7, 11) is 0. The summed E-state index contributed by atoms with van der Waals surface area (Å²) in [6.45, 7) is 6.04. The van der Waals surface area contributed by atoms with E-state index in [-0.39, 0.29) is 0 Å². The van der Waals surface area contributed by atoms with E-state index in [2.05, 4.69) is 11.8 Å². The molecule has 2 bridgehead atoms. The summed E-state index contributed by atoms with van der Waals surface area (Å²) in [4.78, 5) is 14.9. The topological polar surface area (TPSA) is 29.5 Å². The molecule has 2 saturated carbocycles. The summed E-state index contributed by atoms with van der Waals surface area (Å²) >= 11 is 0. The zero-order chi connectivity index (χ0) is 11.8. The van der Waals surface area contributed by atoms with Crippen LogP contribution in [0.5, 0.6) is 0 Å². The molecule has 3 heteroatoms. The summed E-state index contributed by atoms with van der Waals surface area (Å²) in [5.41, 5.74) is 0. The third-order valence-electron chi connectivity index (χ3n) is 4.90. The Bertz CT molecular complexity index is 299. The van der Waals surface area contributed by atoms with Crippen LogP contribution in [-0.4, -0.2) is 43.0 Å². The maximum atomic E-state index is 12.3. The van der Waals surface area contributed by atoms with Crippen LogP contribution in [0.4, 0.5) is 0 Å². The van der Waals surface area contributed by atoms with Crippen LogP contribution < -0.4 is 0 Å². The number of carbonyl (C=O) groups is 1. The molecule has 3 fully saturated rings. The zero-order valence-corrected chi connectivity index (χ0v) is 10.7. The van der Waals surface area contributed by atoms with Crippen molar-refractivity contribution in [2.75, 3.05) is 26.3 Å². The van der Waals surface area contributed by atoms with Crippen molar-refractivity contribution in [1.29, 1.82) is 0 Å². The van der Waals surface area contributed by atoms with Crippen LogP contribution in [0.2, 0.25) is 0 Å². The fraction of sp³-hybridized carbons (Fsp3) is 0.929. The predicted octanol–water partition coefficient (Wildman–Crippen LogP) is 1.71. The van der Waals surface area contributed by atoms with Gasteiger partial charge >= 0.3 is 0 Å². The second-order valence-electron chi connectivity index (χ2n) is 6.08. The van der Waals surface area contributed by atoms with Gasteiger partial charge in [0, 0.05) is 31.0 Å². The molecule has 0 spiro atoms. The minimum Gasteiger partial charge on any atom is -0.379 e. The summed E-state index contributed by atoms with van der Waals surface area (Å²) in [6, 6.07) is 0.519. The molecule has 0 amide bonds. The van der Waals surface area contributed by atoms with Crippen LogP contribution in [-0.2, 0) is 9.53 Å². The van der Waals surface area contributed by atoms with E-state index >= 15 is 0 Å². The van der Waals surface area contributed by atoms with Crippen molar-refractivity contribution in [3.63, 3.8) is 0 Å². The van der Waals surface area contributed by atoms with Crippen molar-refractivity contribution < 1.29 is 9.53 Å². The molecule has 2 aliphatic carbocycles. The molecular formula is C14H23NO2. The van der Waals surface area contributed by atoms with Crippen LogP contribution in [0.3, 0.4) is 0 Å².